The molecule has 1 heterocycles. The third-order valence-electron chi connectivity index (χ3n) is 4.52. The van der Waals surface area contributed by atoms with Crippen molar-refractivity contribution in [3.63, 3.8) is 0 Å². The van der Waals surface area contributed by atoms with Crippen LogP contribution in [0.4, 0.5) is 0 Å². The lowest BCUT2D eigenvalue weighted by molar-refractivity contribution is 0.281. The molecule has 0 aliphatic rings. The number of nitrogens with zero attached hydrogens (tertiary/aromatic N) is 1. The molecule has 0 saturated carbocycles. The average Bonchev–Trinajstić information content (AvgIpc) is 2.98. The van der Waals surface area contributed by atoms with Crippen molar-refractivity contribution in [2.75, 3.05) is 7.11 Å². The van der Waals surface area contributed by atoms with Crippen LogP contribution >= 0.6 is 0 Å². The Hall–Kier alpha value is -2.79. The maximum atomic E-state index is 5.93. The van der Waals surface area contributed by atoms with E-state index in [0.717, 1.165) is 41.4 Å². The molecule has 1 aromatic heterocycles. The summed E-state index contributed by atoms with van der Waals surface area (Å²) in [4.78, 5) is 0. The summed E-state index contributed by atoms with van der Waals surface area (Å²) in [6, 6.07) is 14.5. The van der Waals surface area contributed by atoms with Gasteiger partial charge in [0.15, 0.2) is 11.5 Å². The van der Waals surface area contributed by atoms with E-state index in [-0.39, 0.29) is 0 Å². The zero-order valence-electron chi connectivity index (χ0n) is 16.3. The Kier molecular flexibility index (Phi) is 6.14. The van der Waals surface area contributed by atoms with Gasteiger partial charge in [-0.3, -0.25) is 0 Å². The molecule has 0 spiro atoms. The SMILES string of the molecule is COc1cc(CNCc2cccc(C)c2)ccc1OCc1c(C)noc1C. The summed E-state index contributed by atoms with van der Waals surface area (Å²) in [5.74, 6) is 2.21. The molecule has 0 amide bonds. The number of nitrogens with one attached hydrogen (secondary N) is 1. The van der Waals surface area contributed by atoms with Crippen molar-refractivity contribution in [1.29, 1.82) is 0 Å². The third kappa shape index (κ3) is 4.89. The maximum Gasteiger partial charge on any atom is 0.161 e. The quantitative estimate of drug-likeness (QED) is 0.637. The zero-order valence-corrected chi connectivity index (χ0v) is 16.3. The summed E-state index contributed by atoms with van der Waals surface area (Å²) < 4.78 is 16.6. The number of ether oxygens (including phenoxy) is 2. The molecule has 0 fully saturated rings. The predicted octanol–water partition coefficient (Wildman–Crippen LogP) is 4.48. The summed E-state index contributed by atoms with van der Waals surface area (Å²) in [6.07, 6.45) is 0. The van der Waals surface area contributed by atoms with Crippen molar-refractivity contribution >= 4 is 0 Å². The molecule has 5 nitrogen and oxygen atoms in total. The fourth-order valence-corrected chi connectivity index (χ4v) is 2.97. The minimum Gasteiger partial charge on any atom is -0.493 e. The number of benzene rings is 2. The summed E-state index contributed by atoms with van der Waals surface area (Å²) in [5, 5.41) is 7.42. The molecule has 0 bridgehead atoms. The normalized spacial score (nSPS) is 10.8. The second kappa shape index (κ2) is 8.73. The van der Waals surface area contributed by atoms with Crippen molar-refractivity contribution in [3.05, 3.63) is 76.2 Å². The van der Waals surface area contributed by atoms with Gasteiger partial charge in [0.1, 0.15) is 12.4 Å². The number of rotatable bonds is 8. The summed E-state index contributed by atoms with van der Waals surface area (Å²) in [5.41, 5.74) is 5.52. The van der Waals surface area contributed by atoms with E-state index in [1.54, 1.807) is 7.11 Å². The van der Waals surface area contributed by atoms with E-state index in [0.29, 0.717) is 12.4 Å². The van der Waals surface area contributed by atoms with Gasteiger partial charge in [0.25, 0.3) is 0 Å². The first-order valence-electron chi connectivity index (χ1n) is 9.04. The van der Waals surface area contributed by atoms with E-state index in [4.69, 9.17) is 14.0 Å². The van der Waals surface area contributed by atoms with Crippen LogP contribution in [0.3, 0.4) is 0 Å². The van der Waals surface area contributed by atoms with Gasteiger partial charge in [-0.05, 0) is 44.0 Å². The van der Waals surface area contributed by atoms with Gasteiger partial charge in [-0.2, -0.15) is 0 Å². The van der Waals surface area contributed by atoms with Gasteiger partial charge < -0.3 is 19.3 Å². The lowest BCUT2D eigenvalue weighted by Crippen LogP contribution is -2.12. The third-order valence-corrected chi connectivity index (χ3v) is 4.52. The van der Waals surface area contributed by atoms with Gasteiger partial charge in [-0.1, -0.05) is 41.1 Å². The highest BCUT2D eigenvalue weighted by Gasteiger charge is 2.12. The number of aromatic nitrogens is 1. The van der Waals surface area contributed by atoms with Crippen LogP contribution in [-0.4, -0.2) is 12.3 Å². The van der Waals surface area contributed by atoms with Crippen LogP contribution in [0.25, 0.3) is 0 Å². The second-order valence-electron chi connectivity index (χ2n) is 6.67. The van der Waals surface area contributed by atoms with E-state index in [9.17, 15) is 0 Å². The monoisotopic (exact) mass is 366 g/mol. The predicted molar refractivity (Wildman–Crippen MR) is 105 cm³/mol. The average molecular weight is 366 g/mol. The van der Waals surface area contributed by atoms with E-state index < -0.39 is 0 Å². The van der Waals surface area contributed by atoms with Gasteiger partial charge in [0, 0.05) is 13.1 Å². The Bertz CT molecular complexity index is 883. The molecule has 142 valence electrons. The van der Waals surface area contributed by atoms with Crippen LogP contribution in [0.15, 0.2) is 47.0 Å². The molecule has 1 N–H and O–H groups in total. The minimum absolute atomic E-state index is 0.405. The summed E-state index contributed by atoms with van der Waals surface area (Å²) in [7, 11) is 1.65. The smallest absolute Gasteiger partial charge is 0.161 e. The van der Waals surface area contributed by atoms with Crippen molar-refractivity contribution in [2.24, 2.45) is 0 Å². The molecule has 3 rings (SSSR count). The first-order valence-corrected chi connectivity index (χ1v) is 9.04. The van der Waals surface area contributed by atoms with Gasteiger partial charge in [-0.15, -0.1) is 0 Å². The van der Waals surface area contributed by atoms with Gasteiger partial charge >= 0.3 is 0 Å². The van der Waals surface area contributed by atoms with Crippen LogP contribution in [-0.2, 0) is 19.7 Å². The number of aryl methyl sites for hydroxylation is 3. The standard InChI is InChI=1S/C22H26N2O3/c1-15-6-5-7-18(10-15)12-23-13-19-8-9-21(22(11-19)25-4)26-14-20-16(2)24-27-17(20)3/h5-11,23H,12-14H2,1-4H3. The topological polar surface area (TPSA) is 56.5 Å². The van der Waals surface area contributed by atoms with E-state index in [1.165, 1.54) is 11.1 Å². The van der Waals surface area contributed by atoms with E-state index in [1.807, 2.05) is 26.0 Å². The number of methoxy groups -OCH3 is 1. The van der Waals surface area contributed by atoms with Crippen molar-refractivity contribution in [1.82, 2.24) is 10.5 Å². The van der Waals surface area contributed by atoms with Crippen LogP contribution in [0, 0.1) is 20.8 Å². The second-order valence-corrected chi connectivity index (χ2v) is 6.67. The van der Waals surface area contributed by atoms with Crippen LogP contribution in [0.2, 0.25) is 0 Å². The lowest BCUT2D eigenvalue weighted by atomic mass is 10.1. The molecular formula is C22H26N2O3. The van der Waals surface area contributed by atoms with Crippen LogP contribution < -0.4 is 14.8 Å². The highest BCUT2D eigenvalue weighted by Crippen LogP contribution is 2.29. The molecule has 0 aliphatic heterocycles. The molecular weight excluding hydrogens is 340 g/mol. The van der Waals surface area contributed by atoms with Crippen molar-refractivity contribution < 1.29 is 14.0 Å². The highest BCUT2D eigenvalue weighted by molar-refractivity contribution is 5.43. The van der Waals surface area contributed by atoms with Crippen LogP contribution in [0.5, 0.6) is 11.5 Å². The molecule has 0 aliphatic carbocycles. The van der Waals surface area contributed by atoms with Gasteiger partial charge in [0.05, 0.1) is 18.4 Å². The van der Waals surface area contributed by atoms with Gasteiger partial charge in [0.2, 0.25) is 0 Å². The van der Waals surface area contributed by atoms with E-state index >= 15 is 0 Å². The molecule has 5 heteroatoms. The van der Waals surface area contributed by atoms with E-state index in [2.05, 4.69) is 47.7 Å². The Balaban J connectivity index is 1.60. The molecule has 0 saturated heterocycles. The minimum atomic E-state index is 0.405. The summed E-state index contributed by atoms with van der Waals surface area (Å²) in [6.45, 7) is 7.90. The molecule has 3 aromatic rings. The molecule has 0 radical (unpaired) electrons. The summed E-state index contributed by atoms with van der Waals surface area (Å²) >= 11 is 0. The molecule has 0 atom stereocenters. The zero-order chi connectivity index (χ0) is 19.2. The maximum absolute atomic E-state index is 5.93. The van der Waals surface area contributed by atoms with Gasteiger partial charge in [-0.25, -0.2) is 0 Å². The van der Waals surface area contributed by atoms with Crippen molar-refractivity contribution in [2.45, 2.75) is 40.5 Å². The Morgan fingerprint density at radius 1 is 0.963 bits per heavy atom. The van der Waals surface area contributed by atoms with Crippen molar-refractivity contribution in [3.8, 4) is 11.5 Å². The number of hydrogen-bond donors (Lipinski definition) is 1. The Morgan fingerprint density at radius 3 is 2.41 bits per heavy atom. The highest BCUT2D eigenvalue weighted by atomic mass is 16.5. The molecule has 0 unspecified atom stereocenters. The molecule has 2 aromatic carbocycles. The first kappa shape index (κ1) is 19.0. The molecule has 27 heavy (non-hydrogen) atoms. The lowest BCUT2D eigenvalue weighted by Gasteiger charge is -2.13. The Morgan fingerprint density at radius 2 is 1.74 bits per heavy atom. The fourth-order valence-electron chi connectivity index (χ4n) is 2.97. The fraction of sp³-hybridized carbons (Fsp3) is 0.318. The first-order chi connectivity index (χ1) is 13.1. The Labute approximate surface area is 160 Å². The van der Waals surface area contributed by atoms with Crippen LogP contribution in [0.1, 0.15) is 33.7 Å². The number of hydrogen-bond acceptors (Lipinski definition) is 5. The largest absolute Gasteiger partial charge is 0.493 e.